The summed E-state index contributed by atoms with van der Waals surface area (Å²) >= 11 is 0. The number of aromatic amines is 1. The van der Waals surface area contributed by atoms with Crippen LogP contribution in [0.2, 0.25) is 0 Å². The largest absolute Gasteiger partial charge is 0.348 e. The van der Waals surface area contributed by atoms with Crippen LogP contribution in [0.4, 0.5) is 0 Å². The van der Waals surface area contributed by atoms with Gasteiger partial charge < -0.3 is 9.55 Å². The second-order valence-electron chi connectivity index (χ2n) is 3.26. The lowest BCUT2D eigenvalue weighted by Crippen LogP contribution is -1.97. The van der Waals surface area contributed by atoms with Crippen molar-refractivity contribution in [3.63, 3.8) is 0 Å². The third-order valence-electron chi connectivity index (χ3n) is 2.13. The van der Waals surface area contributed by atoms with Crippen molar-refractivity contribution in [2.24, 2.45) is 12.0 Å². The van der Waals surface area contributed by atoms with Gasteiger partial charge in [0.05, 0.1) is 12.5 Å². The Bertz CT molecular complexity index is 426. The van der Waals surface area contributed by atoms with Crippen molar-refractivity contribution in [1.29, 1.82) is 0 Å². The third kappa shape index (κ3) is 2.52. The first-order chi connectivity index (χ1) is 7.36. The van der Waals surface area contributed by atoms with E-state index < -0.39 is 0 Å². The minimum Gasteiger partial charge on any atom is -0.348 e. The van der Waals surface area contributed by atoms with E-state index in [-0.39, 0.29) is 0 Å². The Morgan fingerprint density at radius 2 is 2.53 bits per heavy atom. The van der Waals surface area contributed by atoms with Gasteiger partial charge in [0, 0.05) is 44.3 Å². The third-order valence-corrected chi connectivity index (χ3v) is 2.13. The van der Waals surface area contributed by atoms with Gasteiger partial charge in [-0.1, -0.05) is 0 Å². The summed E-state index contributed by atoms with van der Waals surface area (Å²) in [7, 11) is 1.95. The molecule has 0 saturated carbocycles. The zero-order chi connectivity index (χ0) is 10.5. The first kappa shape index (κ1) is 9.64. The molecule has 15 heavy (non-hydrogen) atoms. The highest BCUT2D eigenvalue weighted by Crippen LogP contribution is 1.93. The molecule has 0 aromatic carbocycles. The molecule has 0 aliphatic heterocycles. The summed E-state index contributed by atoms with van der Waals surface area (Å²) in [6, 6.07) is 0. The van der Waals surface area contributed by atoms with Crippen LogP contribution in [0.3, 0.4) is 0 Å². The molecule has 2 heterocycles. The number of aliphatic imine (C=N–C) groups is 1. The molecule has 0 saturated heterocycles. The normalized spacial score (nSPS) is 11.3. The number of hydrogen-bond acceptors (Lipinski definition) is 3. The predicted octanol–water partition coefficient (Wildman–Crippen LogP) is 0.805. The fourth-order valence-electron chi connectivity index (χ4n) is 1.25. The van der Waals surface area contributed by atoms with E-state index in [0.717, 1.165) is 24.5 Å². The summed E-state index contributed by atoms with van der Waals surface area (Å²) in [5.74, 6) is 0.875. The summed E-state index contributed by atoms with van der Waals surface area (Å²) in [6.07, 6.45) is 9.82. The summed E-state index contributed by atoms with van der Waals surface area (Å²) in [4.78, 5) is 15.4. The highest BCUT2D eigenvalue weighted by molar-refractivity contribution is 5.74. The van der Waals surface area contributed by atoms with Crippen molar-refractivity contribution in [3.8, 4) is 0 Å². The lowest BCUT2D eigenvalue weighted by Gasteiger charge is -1.94. The second-order valence-corrected chi connectivity index (χ2v) is 3.26. The Labute approximate surface area is 87.9 Å². The fraction of sp³-hybridized carbons (Fsp3) is 0.300. The molecule has 0 spiro atoms. The SMILES string of the molecule is Cn1ccnc1C=NCCc1cnc[nH]1. The monoisotopic (exact) mass is 203 g/mol. The Morgan fingerprint density at radius 3 is 3.20 bits per heavy atom. The first-order valence-electron chi connectivity index (χ1n) is 4.80. The fourth-order valence-corrected chi connectivity index (χ4v) is 1.25. The molecule has 2 aromatic rings. The molecule has 0 aliphatic rings. The molecule has 2 rings (SSSR count). The molecule has 0 fully saturated rings. The molecule has 5 nitrogen and oxygen atoms in total. The number of rotatable bonds is 4. The molecule has 1 N–H and O–H groups in total. The highest BCUT2D eigenvalue weighted by atomic mass is 15.0. The molecule has 78 valence electrons. The molecule has 0 atom stereocenters. The summed E-state index contributed by atoms with van der Waals surface area (Å²) in [6.45, 7) is 0.745. The molecule has 0 unspecified atom stereocenters. The minimum atomic E-state index is 0.745. The maximum Gasteiger partial charge on any atom is 0.150 e. The van der Waals surface area contributed by atoms with E-state index in [1.54, 1.807) is 18.7 Å². The van der Waals surface area contributed by atoms with Crippen LogP contribution in [0, 0.1) is 0 Å². The lowest BCUT2D eigenvalue weighted by molar-refractivity contribution is 0.893. The average Bonchev–Trinajstić information content (AvgIpc) is 2.85. The number of H-pyrrole nitrogens is 1. The van der Waals surface area contributed by atoms with E-state index in [2.05, 4.69) is 19.9 Å². The van der Waals surface area contributed by atoms with Gasteiger partial charge in [0.25, 0.3) is 0 Å². The molecular weight excluding hydrogens is 190 g/mol. The van der Waals surface area contributed by atoms with E-state index in [0.29, 0.717) is 0 Å². The first-order valence-corrected chi connectivity index (χ1v) is 4.80. The average molecular weight is 203 g/mol. The van der Waals surface area contributed by atoms with Crippen LogP contribution in [0.15, 0.2) is 29.9 Å². The van der Waals surface area contributed by atoms with Crippen LogP contribution in [0.25, 0.3) is 0 Å². The zero-order valence-electron chi connectivity index (χ0n) is 8.59. The summed E-state index contributed by atoms with van der Waals surface area (Å²) in [5.41, 5.74) is 1.10. The van der Waals surface area contributed by atoms with Crippen LogP contribution in [-0.4, -0.2) is 32.3 Å². The molecule has 0 amide bonds. The number of aromatic nitrogens is 4. The van der Waals surface area contributed by atoms with Gasteiger partial charge in [-0.15, -0.1) is 0 Å². The number of nitrogens with zero attached hydrogens (tertiary/aromatic N) is 4. The molecule has 2 aromatic heterocycles. The summed E-state index contributed by atoms with van der Waals surface area (Å²) < 4.78 is 1.93. The Kier molecular flexibility index (Phi) is 2.92. The van der Waals surface area contributed by atoms with Crippen molar-refractivity contribution in [2.45, 2.75) is 6.42 Å². The van der Waals surface area contributed by atoms with Crippen LogP contribution in [0.1, 0.15) is 11.5 Å². The Morgan fingerprint density at radius 1 is 1.60 bits per heavy atom. The predicted molar refractivity (Wildman–Crippen MR) is 58.0 cm³/mol. The van der Waals surface area contributed by atoms with E-state index in [1.807, 2.05) is 24.0 Å². The summed E-state index contributed by atoms with van der Waals surface area (Å²) in [5, 5.41) is 0. The molecular formula is C10H13N5. The van der Waals surface area contributed by atoms with E-state index in [1.165, 1.54) is 0 Å². The van der Waals surface area contributed by atoms with E-state index in [9.17, 15) is 0 Å². The molecule has 0 aliphatic carbocycles. The second kappa shape index (κ2) is 4.54. The smallest absolute Gasteiger partial charge is 0.150 e. The number of nitrogens with one attached hydrogen (secondary N) is 1. The number of imidazole rings is 2. The minimum absolute atomic E-state index is 0.745. The molecule has 0 bridgehead atoms. The van der Waals surface area contributed by atoms with Crippen LogP contribution >= 0.6 is 0 Å². The standard InChI is InChI=1S/C10H13N5/c1-15-5-4-13-10(15)7-11-3-2-9-6-12-8-14-9/h4-8H,2-3H2,1H3,(H,12,14). The van der Waals surface area contributed by atoms with Crippen LogP contribution in [0.5, 0.6) is 0 Å². The number of aryl methyl sites for hydroxylation is 1. The number of hydrogen-bond donors (Lipinski definition) is 1. The van der Waals surface area contributed by atoms with Gasteiger partial charge in [0.15, 0.2) is 0 Å². The van der Waals surface area contributed by atoms with Gasteiger partial charge in [0.2, 0.25) is 0 Å². The highest BCUT2D eigenvalue weighted by Gasteiger charge is 1.94. The van der Waals surface area contributed by atoms with E-state index in [4.69, 9.17) is 0 Å². The van der Waals surface area contributed by atoms with Gasteiger partial charge in [-0.2, -0.15) is 0 Å². The molecule has 0 radical (unpaired) electrons. The van der Waals surface area contributed by atoms with Crippen molar-refractivity contribution >= 4 is 6.21 Å². The quantitative estimate of drug-likeness (QED) is 0.747. The zero-order valence-corrected chi connectivity index (χ0v) is 8.59. The van der Waals surface area contributed by atoms with Crippen molar-refractivity contribution in [3.05, 3.63) is 36.4 Å². The van der Waals surface area contributed by atoms with Gasteiger partial charge in [-0.25, -0.2) is 9.97 Å². The van der Waals surface area contributed by atoms with E-state index >= 15 is 0 Å². The van der Waals surface area contributed by atoms with Crippen molar-refractivity contribution < 1.29 is 0 Å². The van der Waals surface area contributed by atoms with Gasteiger partial charge in [-0.3, -0.25) is 4.99 Å². The Balaban J connectivity index is 1.84. The van der Waals surface area contributed by atoms with Crippen molar-refractivity contribution in [1.82, 2.24) is 19.5 Å². The van der Waals surface area contributed by atoms with Gasteiger partial charge >= 0.3 is 0 Å². The topological polar surface area (TPSA) is 58.9 Å². The van der Waals surface area contributed by atoms with Crippen LogP contribution < -0.4 is 0 Å². The maximum absolute atomic E-state index is 4.29. The van der Waals surface area contributed by atoms with Gasteiger partial charge in [0.1, 0.15) is 5.82 Å². The Hall–Kier alpha value is -1.91. The maximum atomic E-state index is 4.29. The molecule has 5 heteroatoms. The van der Waals surface area contributed by atoms with Gasteiger partial charge in [-0.05, 0) is 0 Å². The van der Waals surface area contributed by atoms with Crippen LogP contribution in [-0.2, 0) is 13.5 Å². The van der Waals surface area contributed by atoms with Crippen molar-refractivity contribution in [2.75, 3.05) is 6.54 Å². The lowest BCUT2D eigenvalue weighted by atomic mass is 10.3.